The summed E-state index contributed by atoms with van der Waals surface area (Å²) in [4.78, 5) is 24.1. The topological polar surface area (TPSA) is 92.0 Å². The molecule has 1 aromatic rings. The van der Waals surface area contributed by atoms with Crippen LogP contribution < -0.4 is 5.32 Å². The molecular formula is C12H16N2O5. The molecular weight excluding hydrogens is 252 g/mol. The number of hydrogen-bond donors (Lipinski definition) is 2. The van der Waals surface area contributed by atoms with Gasteiger partial charge in [-0.25, -0.2) is 9.59 Å². The lowest BCUT2D eigenvalue weighted by atomic mass is 10.2. The maximum Gasteiger partial charge on any atom is 0.371 e. The van der Waals surface area contributed by atoms with Crippen LogP contribution in [0.4, 0.5) is 4.79 Å². The van der Waals surface area contributed by atoms with Gasteiger partial charge in [-0.05, 0) is 18.6 Å². The van der Waals surface area contributed by atoms with Crippen LogP contribution in [0.5, 0.6) is 0 Å². The fourth-order valence-electron chi connectivity index (χ4n) is 1.87. The number of hydrogen-bond acceptors (Lipinski definition) is 4. The summed E-state index contributed by atoms with van der Waals surface area (Å²) in [6.07, 6.45) is 0.827. The molecule has 0 aliphatic carbocycles. The zero-order valence-corrected chi connectivity index (χ0v) is 10.6. The minimum absolute atomic E-state index is 0.0891. The van der Waals surface area contributed by atoms with E-state index in [0.717, 1.165) is 6.42 Å². The molecule has 2 heterocycles. The molecule has 2 amide bonds. The van der Waals surface area contributed by atoms with Crippen LogP contribution in [0.15, 0.2) is 16.5 Å². The third-order valence-electron chi connectivity index (χ3n) is 3.06. The van der Waals surface area contributed by atoms with E-state index in [1.54, 1.807) is 11.9 Å². The summed E-state index contributed by atoms with van der Waals surface area (Å²) < 4.78 is 10.3. The highest BCUT2D eigenvalue weighted by atomic mass is 16.5. The number of urea groups is 1. The molecule has 0 bridgehead atoms. The average molecular weight is 268 g/mol. The van der Waals surface area contributed by atoms with Crippen molar-refractivity contribution in [2.75, 3.05) is 20.3 Å². The fraction of sp³-hybridized carbons (Fsp3) is 0.500. The maximum absolute atomic E-state index is 11.8. The fourth-order valence-corrected chi connectivity index (χ4v) is 1.87. The monoisotopic (exact) mass is 268 g/mol. The van der Waals surface area contributed by atoms with Crippen LogP contribution in [0.3, 0.4) is 0 Å². The minimum Gasteiger partial charge on any atom is -0.475 e. The molecule has 1 fully saturated rings. The second kappa shape index (κ2) is 5.75. The van der Waals surface area contributed by atoms with E-state index < -0.39 is 5.97 Å². The van der Waals surface area contributed by atoms with E-state index in [0.29, 0.717) is 19.0 Å². The minimum atomic E-state index is -1.13. The smallest absolute Gasteiger partial charge is 0.371 e. The van der Waals surface area contributed by atoms with Crippen molar-refractivity contribution in [2.24, 2.45) is 0 Å². The molecule has 19 heavy (non-hydrogen) atoms. The van der Waals surface area contributed by atoms with E-state index in [-0.39, 0.29) is 24.4 Å². The summed E-state index contributed by atoms with van der Waals surface area (Å²) in [6.45, 7) is 1.38. The van der Waals surface area contributed by atoms with Crippen molar-refractivity contribution < 1.29 is 23.8 Å². The van der Waals surface area contributed by atoms with Crippen molar-refractivity contribution >= 4 is 12.0 Å². The normalized spacial score (nSPS) is 18.3. The molecule has 1 aliphatic rings. The number of amides is 2. The molecule has 1 aliphatic heterocycles. The van der Waals surface area contributed by atoms with Gasteiger partial charge in [0.15, 0.2) is 0 Å². The molecule has 1 aromatic heterocycles. The maximum atomic E-state index is 11.8. The van der Waals surface area contributed by atoms with Crippen molar-refractivity contribution in [3.05, 3.63) is 23.7 Å². The Labute approximate surface area is 110 Å². The molecule has 1 unspecified atom stereocenters. The Kier molecular flexibility index (Phi) is 4.06. The van der Waals surface area contributed by atoms with Gasteiger partial charge in [-0.15, -0.1) is 0 Å². The Morgan fingerprint density at radius 3 is 2.89 bits per heavy atom. The van der Waals surface area contributed by atoms with Gasteiger partial charge in [0.05, 0.1) is 19.2 Å². The molecule has 0 spiro atoms. The Morgan fingerprint density at radius 1 is 1.53 bits per heavy atom. The number of carbonyl (C=O) groups excluding carboxylic acids is 1. The van der Waals surface area contributed by atoms with Crippen LogP contribution in [0.25, 0.3) is 0 Å². The zero-order chi connectivity index (χ0) is 13.8. The number of aromatic carboxylic acids is 1. The predicted molar refractivity (Wildman–Crippen MR) is 64.9 cm³/mol. The van der Waals surface area contributed by atoms with Crippen molar-refractivity contribution in [1.82, 2.24) is 10.2 Å². The Balaban J connectivity index is 1.83. The van der Waals surface area contributed by atoms with Gasteiger partial charge in [-0.3, -0.25) is 0 Å². The van der Waals surface area contributed by atoms with Crippen LogP contribution in [0.1, 0.15) is 22.7 Å². The van der Waals surface area contributed by atoms with Crippen LogP contribution in [0, 0.1) is 0 Å². The first kappa shape index (κ1) is 13.4. The van der Waals surface area contributed by atoms with Crippen molar-refractivity contribution in [2.45, 2.75) is 19.0 Å². The van der Waals surface area contributed by atoms with E-state index >= 15 is 0 Å². The molecule has 7 heteroatoms. The highest BCUT2D eigenvalue weighted by Gasteiger charge is 2.24. The standard InChI is InChI=1S/C12H16N2O5/c1-14(8-4-5-18-7-8)12(17)13-6-9-2-3-10(19-9)11(15)16/h2-3,8H,4-7H2,1H3,(H,13,17)(H,15,16). The number of carboxylic acids is 1. The van der Waals surface area contributed by atoms with Gasteiger partial charge < -0.3 is 24.5 Å². The number of nitrogens with one attached hydrogen (secondary N) is 1. The van der Waals surface area contributed by atoms with Gasteiger partial charge >= 0.3 is 12.0 Å². The molecule has 2 N–H and O–H groups in total. The summed E-state index contributed by atoms with van der Waals surface area (Å²) in [5.74, 6) is -0.860. The average Bonchev–Trinajstić information content (AvgIpc) is 3.05. The number of nitrogens with zero attached hydrogens (tertiary/aromatic N) is 1. The quantitative estimate of drug-likeness (QED) is 0.846. The van der Waals surface area contributed by atoms with E-state index in [9.17, 15) is 9.59 Å². The molecule has 2 rings (SSSR count). The lowest BCUT2D eigenvalue weighted by Gasteiger charge is -2.23. The summed E-state index contributed by atoms with van der Waals surface area (Å²) in [6, 6.07) is 2.75. The number of furan rings is 1. The third kappa shape index (κ3) is 3.25. The van der Waals surface area contributed by atoms with Gasteiger partial charge in [0.1, 0.15) is 5.76 Å². The molecule has 0 radical (unpaired) electrons. The summed E-state index contributed by atoms with van der Waals surface area (Å²) in [5, 5.41) is 11.4. The summed E-state index contributed by atoms with van der Waals surface area (Å²) in [7, 11) is 1.71. The summed E-state index contributed by atoms with van der Waals surface area (Å²) in [5.41, 5.74) is 0. The largest absolute Gasteiger partial charge is 0.475 e. The van der Waals surface area contributed by atoms with E-state index in [4.69, 9.17) is 14.3 Å². The molecule has 7 nitrogen and oxygen atoms in total. The van der Waals surface area contributed by atoms with Crippen LogP contribution in [-0.4, -0.2) is 48.3 Å². The third-order valence-corrected chi connectivity index (χ3v) is 3.06. The number of rotatable bonds is 4. The first-order valence-corrected chi connectivity index (χ1v) is 5.98. The Bertz CT molecular complexity index is 464. The van der Waals surface area contributed by atoms with Crippen molar-refractivity contribution in [1.29, 1.82) is 0 Å². The van der Waals surface area contributed by atoms with E-state index in [1.807, 2.05) is 0 Å². The second-order valence-corrected chi connectivity index (χ2v) is 4.36. The van der Waals surface area contributed by atoms with E-state index in [2.05, 4.69) is 5.32 Å². The predicted octanol–water partition coefficient (Wildman–Crippen LogP) is 0.908. The summed E-state index contributed by atoms with van der Waals surface area (Å²) >= 11 is 0. The van der Waals surface area contributed by atoms with Crippen LogP contribution in [-0.2, 0) is 11.3 Å². The van der Waals surface area contributed by atoms with Crippen molar-refractivity contribution in [3.63, 3.8) is 0 Å². The molecule has 1 saturated heterocycles. The Morgan fingerprint density at radius 2 is 2.32 bits per heavy atom. The van der Waals surface area contributed by atoms with Gasteiger partial charge in [-0.2, -0.15) is 0 Å². The number of likely N-dealkylation sites (N-methyl/N-ethyl adjacent to an activating group) is 1. The zero-order valence-electron chi connectivity index (χ0n) is 10.6. The van der Waals surface area contributed by atoms with E-state index in [1.165, 1.54) is 12.1 Å². The lowest BCUT2D eigenvalue weighted by molar-refractivity contribution is 0.0660. The first-order chi connectivity index (χ1) is 9.08. The molecule has 0 saturated carbocycles. The number of ether oxygens (including phenoxy) is 1. The van der Waals surface area contributed by atoms with Gasteiger partial charge in [0.25, 0.3) is 0 Å². The van der Waals surface area contributed by atoms with Gasteiger partial charge in [0, 0.05) is 13.7 Å². The Hall–Kier alpha value is -2.02. The lowest BCUT2D eigenvalue weighted by Crippen LogP contribution is -2.43. The molecule has 104 valence electrons. The number of carboxylic acid groups (broad SMARTS) is 1. The van der Waals surface area contributed by atoms with Crippen molar-refractivity contribution in [3.8, 4) is 0 Å². The second-order valence-electron chi connectivity index (χ2n) is 4.36. The highest BCUT2D eigenvalue weighted by molar-refractivity contribution is 5.84. The van der Waals surface area contributed by atoms with Gasteiger partial charge in [-0.1, -0.05) is 0 Å². The molecule has 1 atom stereocenters. The van der Waals surface area contributed by atoms with Crippen LogP contribution >= 0.6 is 0 Å². The first-order valence-electron chi connectivity index (χ1n) is 5.98. The SMILES string of the molecule is CN(C(=O)NCc1ccc(C(=O)O)o1)C1CCOC1. The van der Waals surface area contributed by atoms with Crippen LogP contribution in [0.2, 0.25) is 0 Å². The van der Waals surface area contributed by atoms with Gasteiger partial charge in [0.2, 0.25) is 5.76 Å². The molecule has 0 aromatic carbocycles. The highest BCUT2D eigenvalue weighted by Crippen LogP contribution is 2.11. The number of carbonyl (C=O) groups is 2.